The first kappa shape index (κ1) is 28.4. The van der Waals surface area contributed by atoms with Crippen molar-refractivity contribution < 1.29 is 23.8 Å². The van der Waals surface area contributed by atoms with Crippen molar-refractivity contribution in [2.45, 2.75) is 58.8 Å². The van der Waals surface area contributed by atoms with E-state index in [1.165, 1.54) is 4.80 Å². The van der Waals surface area contributed by atoms with Gasteiger partial charge in [0.15, 0.2) is 11.5 Å². The molecule has 0 spiro atoms. The lowest BCUT2D eigenvalue weighted by atomic mass is 10.1. The second-order valence-electron chi connectivity index (χ2n) is 9.75. The normalized spacial score (nSPS) is 12.0. The molecule has 1 N–H and O–H groups in total. The lowest BCUT2D eigenvalue weighted by Gasteiger charge is -2.33. The average molecular weight is 525 g/mol. The number of methoxy groups -OCH3 is 3. The maximum absolute atomic E-state index is 13.6. The van der Waals surface area contributed by atoms with Crippen molar-refractivity contribution in [3.8, 4) is 28.6 Å². The molecule has 1 atom stereocenters. The molecule has 0 saturated heterocycles. The summed E-state index contributed by atoms with van der Waals surface area (Å²) in [6.07, 6.45) is 0.436. The molecule has 3 rings (SSSR count). The van der Waals surface area contributed by atoms with Crippen molar-refractivity contribution in [1.82, 2.24) is 30.4 Å². The van der Waals surface area contributed by atoms with Gasteiger partial charge >= 0.3 is 0 Å². The Morgan fingerprint density at radius 3 is 2.26 bits per heavy atom. The van der Waals surface area contributed by atoms with Crippen LogP contribution in [-0.2, 0) is 22.7 Å². The molecule has 2 aromatic carbocycles. The Balaban J connectivity index is 1.86. The highest BCUT2D eigenvalue weighted by Crippen LogP contribution is 2.30. The number of carbonyl (C=O) groups excluding carboxylic acids is 2. The smallest absolute Gasteiger partial charge is 0.247 e. The fourth-order valence-corrected chi connectivity index (χ4v) is 3.91. The topological polar surface area (TPSA) is 121 Å². The Morgan fingerprint density at radius 2 is 1.68 bits per heavy atom. The van der Waals surface area contributed by atoms with Crippen LogP contribution in [0.15, 0.2) is 42.5 Å². The summed E-state index contributed by atoms with van der Waals surface area (Å²) in [5.74, 6) is 1.61. The van der Waals surface area contributed by atoms with Gasteiger partial charge in [0.05, 0.1) is 21.3 Å². The standard InChI is InChI=1S/C27H36N6O5/c1-8-21(26(35)28-27(2,3)4)32(16-18-9-12-20(36-5)13-10-18)24(34)17-33-30-25(29-31-33)19-11-14-22(37-6)23(15-19)38-7/h9-15,21H,8,16-17H2,1-7H3,(H,28,35). The zero-order valence-corrected chi connectivity index (χ0v) is 23.0. The van der Waals surface area contributed by atoms with Crippen LogP contribution in [0.2, 0.25) is 0 Å². The van der Waals surface area contributed by atoms with E-state index in [0.29, 0.717) is 35.1 Å². The van der Waals surface area contributed by atoms with Crippen LogP contribution in [0.25, 0.3) is 11.4 Å². The number of carbonyl (C=O) groups is 2. The van der Waals surface area contributed by atoms with E-state index >= 15 is 0 Å². The van der Waals surface area contributed by atoms with E-state index in [2.05, 4.69) is 20.7 Å². The molecule has 1 aromatic heterocycles. The van der Waals surface area contributed by atoms with Gasteiger partial charge in [-0.15, -0.1) is 10.2 Å². The molecular weight excluding hydrogens is 488 g/mol. The molecule has 0 bridgehead atoms. The number of aromatic nitrogens is 4. The predicted octanol–water partition coefficient (Wildman–Crippen LogP) is 3.09. The lowest BCUT2D eigenvalue weighted by Crippen LogP contribution is -2.54. The number of hydrogen-bond donors (Lipinski definition) is 1. The van der Waals surface area contributed by atoms with E-state index in [0.717, 1.165) is 5.56 Å². The van der Waals surface area contributed by atoms with Gasteiger partial charge in [0, 0.05) is 17.6 Å². The minimum Gasteiger partial charge on any atom is -0.497 e. The molecule has 0 radical (unpaired) electrons. The molecule has 0 aliphatic carbocycles. The highest BCUT2D eigenvalue weighted by atomic mass is 16.5. The van der Waals surface area contributed by atoms with E-state index < -0.39 is 11.6 Å². The van der Waals surface area contributed by atoms with Crippen molar-refractivity contribution in [3.63, 3.8) is 0 Å². The molecule has 0 aliphatic heterocycles. The van der Waals surface area contributed by atoms with E-state index in [9.17, 15) is 9.59 Å². The fourth-order valence-electron chi connectivity index (χ4n) is 3.91. The van der Waals surface area contributed by atoms with Gasteiger partial charge in [-0.3, -0.25) is 9.59 Å². The molecule has 0 saturated carbocycles. The van der Waals surface area contributed by atoms with Crippen LogP contribution in [0.3, 0.4) is 0 Å². The summed E-state index contributed by atoms with van der Waals surface area (Å²) in [6.45, 7) is 7.64. The van der Waals surface area contributed by atoms with Gasteiger partial charge in [0.25, 0.3) is 0 Å². The summed E-state index contributed by atoms with van der Waals surface area (Å²) in [5, 5.41) is 15.6. The summed E-state index contributed by atoms with van der Waals surface area (Å²) in [5.41, 5.74) is 1.08. The number of rotatable bonds is 11. The third kappa shape index (κ3) is 7.21. The minimum absolute atomic E-state index is 0.185. The first-order valence-corrected chi connectivity index (χ1v) is 12.3. The first-order valence-electron chi connectivity index (χ1n) is 12.3. The van der Waals surface area contributed by atoms with Crippen LogP contribution >= 0.6 is 0 Å². The van der Waals surface area contributed by atoms with Crippen LogP contribution in [0.4, 0.5) is 0 Å². The number of amides is 2. The van der Waals surface area contributed by atoms with Crippen LogP contribution < -0.4 is 19.5 Å². The average Bonchev–Trinajstić information content (AvgIpc) is 3.35. The van der Waals surface area contributed by atoms with Gasteiger partial charge < -0.3 is 24.4 Å². The van der Waals surface area contributed by atoms with Gasteiger partial charge in [-0.2, -0.15) is 4.80 Å². The van der Waals surface area contributed by atoms with Crippen molar-refractivity contribution in [3.05, 3.63) is 48.0 Å². The van der Waals surface area contributed by atoms with E-state index in [1.807, 2.05) is 52.0 Å². The number of benzene rings is 2. The fraction of sp³-hybridized carbons (Fsp3) is 0.444. The largest absolute Gasteiger partial charge is 0.497 e. The Kier molecular flexibility index (Phi) is 9.27. The molecule has 38 heavy (non-hydrogen) atoms. The number of nitrogens with zero attached hydrogens (tertiary/aromatic N) is 5. The SMILES string of the molecule is CCC(C(=O)NC(C)(C)C)N(Cc1ccc(OC)cc1)C(=O)Cn1nnc(-c2ccc(OC)c(OC)c2)n1. The molecule has 1 heterocycles. The van der Waals surface area contributed by atoms with Crippen molar-refractivity contribution in [2.75, 3.05) is 21.3 Å². The molecular formula is C27H36N6O5. The Labute approximate surface area is 223 Å². The van der Waals surface area contributed by atoms with Crippen LogP contribution in [-0.4, -0.2) is 69.8 Å². The highest BCUT2D eigenvalue weighted by molar-refractivity contribution is 5.88. The van der Waals surface area contributed by atoms with Crippen molar-refractivity contribution in [2.24, 2.45) is 0 Å². The number of ether oxygens (including phenoxy) is 3. The first-order chi connectivity index (χ1) is 18.1. The third-order valence-electron chi connectivity index (χ3n) is 5.77. The molecule has 11 heteroatoms. The maximum Gasteiger partial charge on any atom is 0.247 e. The zero-order valence-electron chi connectivity index (χ0n) is 23.0. The van der Waals surface area contributed by atoms with Crippen molar-refractivity contribution in [1.29, 1.82) is 0 Å². The van der Waals surface area contributed by atoms with Crippen molar-refractivity contribution >= 4 is 11.8 Å². The second kappa shape index (κ2) is 12.4. The molecule has 1 unspecified atom stereocenters. The predicted molar refractivity (Wildman–Crippen MR) is 142 cm³/mol. The van der Waals surface area contributed by atoms with Gasteiger partial charge in [0.1, 0.15) is 18.3 Å². The number of tetrazole rings is 1. The molecule has 0 fully saturated rings. The van der Waals surface area contributed by atoms with Crippen LogP contribution in [0.5, 0.6) is 17.2 Å². The molecule has 0 aliphatic rings. The van der Waals surface area contributed by atoms with Crippen LogP contribution in [0, 0.1) is 0 Å². The summed E-state index contributed by atoms with van der Waals surface area (Å²) in [4.78, 5) is 29.6. The lowest BCUT2D eigenvalue weighted by molar-refractivity contribution is -0.142. The third-order valence-corrected chi connectivity index (χ3v) is 5.77. The minimum atomic E-state index is -0.683. The Hall–Kier alpha value is -4.15. The second-order valence-corrected chi connectivity index (χ2v) is 9.75. The Bertz CT molecular complexity index is 1240. The summed E-state index contributed by atoms with van der Waals surface area (Å²) >= 11 is 0. The summed E-state index contributed by atoms with van der Waals surface area (Å²) in [7, 11) is 4.69. The number of nitrogens with one attached hydrogen (secondary N) is 1. The quantitative estimate of drug-likeness (QED) is 0.406. The number of hydrogen-bond acceptors (Lipinski definition) is 8. The molecule has 204 valence electrons. The molecule has 3 aromatic rings. The van der Waals surface area contributed by atoms with Crippen LogP contribution in [0.1, 0.15) is 39.7 Å². The van der Waals surface area contributed by atoms with E-state index in [-0.39, 0.29) is 24.9 Å². The van der Waals surface area contributed by atoms with Gasteiger partial charge in [-0.1, -0.05) is 19.1 Å². The Morgan fingerprint density at radius 1 is 1.00 bits per heavy atom. The zero-order chi connectivity index (χ0) is 27.9. The molecule has 11 nitrogen and oxygen atoms in total. The van der Waals surface area contributed by atoms with Gasteiger partial charge in [-0.25, -0.2) is 0 Å². The van der Waals surface area contributed by atoms with Gasteiger partial charge in [-0.05, 0) is 68.3 Å². The summed E-state index contributed by atoms with van der Waals surface area (Å²) in [6, 6.07) is 12.0. The van der Waals surface area contributed by atoms with E-state index in [1.54, 1.807) is 44.4 Å². The maximum atomic E-state index is 13.6. The van der Waals surface area contributed by atoms with E-state index in [4.69, 9.17) is 14.2 Å². The monoisotopic (exact) mass is 524 g/mol. The summed E-state index contributed by atoms with van der Waals surface area (Å²) < 4.78 is 15.9. The molecule has 2 amide bonds. The highest BCUT2D eigenvalue weighted by Gasteiger charge is 2.31. The van der Waals surface area contributed by atoms with Gasteiger partial charge in [0.2, 0.25) is 17.6 Å².